The summed E-state index contributed by atoms with van der Waals surface area (Å²) in [6, 6.07) is 11.4. The monoisotopic (exact) mass is 519 g/mol. The molecule has 4 aromatic rings. The molecule has 10 nitrogen and oxygen atoms in total. The van der Waals surface area contributed by atoms with Gasteiger partial charge in [-0.3, -0.25) is 0 Å². The van der Waals surface area contributed by atoms with Crippen LogP contribution < -0.4 is 16.0 Å². The van der Waals surface area contributed by atoms with Crippen LogP contribution in [0.3, 0.4) is 0 Å². The summed E-state index contributed by atoms with van der Waals surface area (Å²) in [5.74, 6) is -0.433. The number of nitrogen functional groups attached to an aromatic ring is 1. The summed E-state index contributed by atoms with van der Waals surface area (Å²) in [5.41, 5.74) is 9.64. The SMILES string of the molecule is COCc1cc(Nc2nc(-c3ccc(N4CC5(C4)CC(F)(F)C5)nc3)nn2C)ccc1-c1ccnc(N)n1. The van der Waals surface area contributed by atoms with Crippen LogP contribution in [0.4, 0.5) is 32.2 Å². The lowest BCUT2D eigenvalue weighted by Gasteiger charge is -2.59. The van der Waals surface area contributed by atoms with Gasteiger partial charge < -0.3 is 20.7 Å². The van der Waals surface area contributed by atoms with E-state index in [1.807, 2.05) is 42.3 Å². The van der Waals surface area contributed by atoms with Crippen molar-refractivity contribution in [1.82, 2.24) is 29.7 Å². The molecule has 0 bridgehead atoms. The van der Waals surface area contributed by atoms with E-state index < -0.39 is 5.92 Å². The second-order valence-electron chi connectivity index (χ2n) is 10.1. The van der Waals surface area contributed by atoms with Gasteiger partial charge in [0.15, 0.2) is 5.82 Å². The van der Waals surface area contributed by atoms with Gasteiger partial charge in [0.05, 0.1) is 12.3 Å². The topological polar surface area (TPSA) is 120 Å². The summed E-state index contributed by atoms with van der Waals surface area (Å²) in [5, 5.41) is 7.85. The van der Waals surface area contributed by atoms with E-state index in [9.17, 15) is 8.78 Å². The highest BCUT2D eigenvalue weighted by Crippen LogP contribution is 2.57. The van der Waals surface area contributed by atoms with Gasteiger partial charge in [-0.05, 0) is 35.9 Å². The molecule has 12 heteroatoms. The number of pyridine rings is 1. The van der Waals surface area contributed by atoms with Crippen molar-refractivity contribution in [3.8, 4) is 22.6 Å². The number of nitrogens with zero attached hydrogens (tertiary/aromatic N) is 7. The van der Waals surface area contributed by atoms with Crippen LogP contribution >= 0.6 is 0 Å². The minimum Gasteiger partial charge on any atom is -0.380 e. The molecule has 3 N–H and O–H groups in total. The number of benzene rings is 1. The largest absolute Gasteiger partial charge is 0.380 e. The Morgan fingerprint density at radius 2 is 1.89 bits per heavy atom. The highest BCUT2D eigenvalue weighted by molar-refractivity contribution is 5.69. The Kier molecular flexibility index (Phi) is 5.71. The summed E-state index contributed by atoms with van der Waals surface area (Å²) in [6.07, 6.45) is 3.30. The lowest BCUT2D eigenvalue weighted by molar-refractivity contribution is -0.170. The maximum absolute atomic E-state index is 13.3. The Labute approximate surface area is 217 Å². The number of hydrogen-bond donors (Lipinski definition) is 2. The predicted octanol–water partition coefficient (Wildman–Crippen LogP) is 4.04. The van der Waals surface area contributed by atoms with Crippen LogP contribution in [0.15, 0.2) is 48.8 Å². The minimum absolute atomic E-state index is 0.0207. The van der Waals surface area contributed by atoms with E-state index in [2.05, 4.69) is 30.4 Å². The van der Waals surface area contributed by atoms with Crippen LogP contribution in [-0.2, 0) is 18.4 Å². The molecule has 1 saturated carbocycles. The number of aryl methyl sites for hydroxylation is 1. The Morgan fingerprint density at radius 3 is 2.58 bits per heavy atom. The minimum atomic E-state index is -2.50. The average Bonchev–Trinajstić information content (AvgIpc) is 3.21. The van der Waals surface area contributed by atoms with Crippen molar-refractivity contribution in [2.45, 2.75) is 25.4 Å². The number of hydrogen-bond acceptors (Lipinski definition) is 9. The Bertz CT molecular complexity index is 1470. The second kappa shape index (κ2) is 8.98. The maximum Gasteiger partial charge on any atom is 0.249 e. The molecule has 196 valence electrons. The molecule has 1 aliphatic carbocycles. The Hall–Kier alpha value is -4.19. The third-order valence-electron chi connectivity index (χ3n) is 7.02. The number of nitrogens with one attached hydrogen (secondary N) is 1. The number of halogens is 2. The van der Waals surface area contributed by atoms with Crippen molar-refractivity contribution in [3.63, 3.8) is 0 Å². The predicted molar refractivity (Wildman–Crippen MR) is 139 cm³/mol. The third-order valence-corrected chi connectivity index (χ3v) is 7.02. The molecule has 2 fully saturated rings. The summed E-state index contributed by atoms with van der Waals surface area (Å²) in [7, 11) is 3.45. The van der Waals surface area contributed by atoms with Gasteiger partial charge in [0.1, 0.15) is 5.82 Å². The van der Waals surface area contributed by atoms with Crippen LogP contribution in [0, 0.1) is 5.41 Å². The number of nitrogens with two attached hydrogens (primary N) is 1. The second-order valence-corrected chi connectivity index (χ2v) is 10.1. The summed E-state index contributed by atoms with van der Waals surface area (Å²) >= 11 is 0. The van der Waals surface area contributed by atoms with E-state index in [0.717, 1.165) is 28.2 Å². The van der Waals surface area contributed by atoms with Gasteiger partial charge in [-0.1, -0.05) is 6.07 Å². The van der Waals surface area contributed by atoms with Crippen LogP contribution in [0.25, 0.3) is 22.6 Å². The number of aromatic nitrogens is 6. The molecular formula is C26H27F2N9O. The zero-order valence-corrected chi connectivity index (χ0v) is 21.0. The van der Waals surface area contributed by atoms with Crippen molar-refractivity contribution >= 4 is 23.4 Å². The van der Waals surface area contributed by atoms with E-state index >= 15 is 0 Å². The molecule has 6 rings (SSSR count). The Balaban J connectivity index is 1.16. The number of alkyl halides is 2. The first kappa shape index (κ1) is 24.2. The number of methoxy groups -OCH3 is 1. The molecule has 4 heterocycles. The zero-order chi connectivity index (χ0) is 26.5. The van der Waals surface area contributed by atoms with Gasteiger partial charge in [-0.2, -0.15) is 4.98 Å². The lowest BCUT2D eigenvalue weighted by Crippen LogP contribution is -2.66. The molecule has 0 atom stereocenters. The van der Waals surface area contributed by atoms with Crippen molar-refractivity contribution in [3.05, 3.63) is 54.4 Å². The first-order valence-electron chi connectivity index (χ1n) is 12.2. The van der Waals surface area contributed by atoms with Crippen molar-refractivity contribution in [1.29, 1.82) is 0 Å². The van der Waals surface area contributed by atoms with Gasteiger partial charge in [0.25, 0.3) is 0 Å². The zero-order valence-electron chi connectivity index (χ0n) is 21.0. The van der Waals surface area contributed by atoms with Crippen LogP contribution in [0.5, 0.6) is 0 Å². The molecule has 3 aromatic heterocycles. The molecule has 2 aliphatic rings. The fourth-order valence-corrected chi connectivity index (χ4v) is 5.36. The number of anilines is 4. The van der Waals surface area contributed by atoms with Gasteiger partial charge in [-0.15, -0.1) is 5.10 Å². The van der Waals surface area contributed by atoms with Crippen molar-refractivity contribution in [2.24, 2.45) is 12.5 Å². The molecule has 1 aromatic carbocycles. The van der Waals surface area contributed by atoms with Gasteiger partial charge in [0, 0.05) is 74.7 Å². The fraction of sp³-hybridized carbons (Fsp3) is 0.346. The summed E-state index contributed by atoms with van der Waals surface area (Å²) in [4.78, 5) is 19.5. The average molecular weight is 520 g/mol. The number of rotatable bonds is 7. The standard InChI is InChI=1S/C26H27F2N9O/c1-36-24(32-18-4-5-19(17(9-18)11-38-2)20-7-8-30-23(29)33-20)34-22(35-36)16-3-6-21(31-10-16)37-14-25(15-37)12-26(27,28)13-25/h3-10H,11-15H2,1-2H3,(H2,29,30,33)(H,32,34,35). The van der Waals surface area contributed by atoms with E-state index in [-0.39, 0.29) is 24.2 Å². The molecule has 38 heavy (non-hydrogen) atoms. The highest BCUT2D eigenvalue weighted by Gasteiger charge is 2.61. The maximum atomic E-state index is 13.3. The molecule has 1 aliphatic heterocycles. The Morgan fingerprint density at radius 1 is 1.08 bits per heavy atom. The lowest BCUT2D eigenvalue weighted by atomic mass is 9.61. The first-order chi connectivity index (χ1) is 18.2. The van der Waals surface area contributed by atoms with E-state index in [1.165, 1.54) is 0 Å². The van der Waals surface area contributed by atoms with Crippen molar-refractivity contribution in [2.75, 3.05) is 36.1 Å². The molecule has 1 spiro atoms. The third kappa shape index (κ3) is 4.51. The van der Waals surface area contributed by atoms with E-state index in [0.29, 0.717) is 37.2 Å². The fourth-order valence-electron chi connectivity index (χ4n) is 5.36. The van der Waals surface area contributed by atoms with Gasteiger partial charge >= 0.3 is 0 Å². The van der Waals surface area contributed by atoms with Gasteiger partial charge in [0.2, 0.25) is 17.8 Å². The first-order valence-corrected chi connectivity index (χ1v) is 12.2. The smallest absolute Gasteiger partial charge is 0.249 e. The van der Waals surface area contributed by atoms with Crippen LogP contribution in [0.1, 0.15) is 18.4 Å². The van der Waals surface area contributed by atoms with Crippen LogP contribution in [0.2, 0.25) is 0 Å². The normalized spacial score (nSPS) is 17.2. The molecule has 1 saturated heterocycles. The van der Waals surface area contributed by atoms with Gasteiger partial charge in [-0.25, -0.2) is 28.4 Å². The highest BCUT2D eigenvalue weighted by atomic mass is 19.3. The van der Waals surface area contributed by atoms with Crippen molar-refractivity contribution < 1.29 is 13.5 Å². The summed E-state index contributed by atoms with van der Waals surface area (Å²) in [6.45, 7) is 1.63. The van der Waals surface area contributed by atoms with E-state index in [4.69, 9.17) is 10.5 Å². The van der Waals surface area contributed by atoms with Crippen LogP contribution in [-0.4, -0.2) is 55.8 Å². The van der Waals surface area contributed by atoms with E-state index in [1.54, 1.807) is 30.3 Å². The molecule has 0 amide bonds. The molecular weight excluding hydrogens is 492 g/mol. The molecule has 0 radical (unpaired) electrons. The molecule has 0 unspecified atom stereocenters. The number of ether oxygens (including phenoxy) is 1. The quantitative estimate of drug-likeness (QED) is 0.373. The summed E-state index contributed by atoms with van der Waals surface area (Å²) < 4.78 is 33.6.